The number of methoxy groups -OCH3 is 1. The zero-order chi connectivity index (χ0) is 32.4. The fourth-order valence-electron chi connectivity index (χ4n) is 6.45. The predicted octanol–water partition coefficient (Wildman–Crippen LogP) is 2.98. The van der Waals surface area contributed by atoms with Gasteiger partial charge in [0.15, 0.2) is 5.60 Å². The van der Waals surface area contributed by atoms with Crippen molar-refractivity contribution < 1.29 is 38.2 Å². The molecule has 5 amide bonds. The average Bonchev–Trinajstić information content (AvgIpc) is 3.38. The number of imide groups is 1. The minimum Gasteiger partial charge on any atom is -0.468 e. The molecule has 0 bridgehead atoms. The van der Waals surface area contributed by atoms with E-state index in [0.717, 1.165) is 27.8 Å². The van der Waals surface area contributed by atoms with Crippen LogP contribution < -0.4 is 10.6 Å². The summed E-state index contributed by atoms with van der Waals surface area (Å²) in [5.41, 5.74) is 3.78. The standard InChI is InChI=1S/C34H34N4O8/c1-34-30(29(46-34)21-10-4-3-5-11-21)38(32(42)36-31(34)41)18-27(39)37(19-28(40)44-2)17-16-35-33(43)45-20-26-24-14-8-6-12-22(24)23-13-7-9-15-25(23)26/h3-15,26,29-30H,16-20H2,1-2H3,(H,35,43)(H,36,41,42)/t29-,30-,34+/m0/s1. The molecule has 3 aromatic rings. The van der Waals surface area contributed by atoms with Crippen LogP contribution in [-0.4, -0.2) is 91.2 Å². The number of fused-ring (bicyclic) bond motifs is 4. The van der Waals surface area contributed by atoms with Crippen LogP contribution in [0.15, 0.2) is 78.9 Å². The number of rotatable bonds is 10. The van der Waals surface area contributed by atoms with Gasteiger partial charge in [0.1, 0.15) is 31.8 Å². The monoisotopic (exact) mass is 626 g/mol. The van der Waals surface area contributed by atoms with Crippen LogP contribution in [0.3, 0.4) is 0 Å². The topological polar surface area (TPSA) is 144 Å². The highest BCUT2D eigenvalue weighted by molar-refractivity contribution is 6.04. The normalized spacial score (nSPS) is 21.2. The summed E-state index contributed by atoms with van der Waals surface area (Å²) in [4.78, 5) is 66.6. The average molecular weight is 627 g/mol. The Morgan fingerprint density at radius 2 is 1.59 bits per heavy atom. The van der Waals surface area contributed by atoms with Gasteiger partial charge < -0.3 is 29.3 Å². The first-order valence-electron chi connectivity index (χ1n) is 15.0. The lowest BCUT2D eigenvalue weighted by Crippen LogP contribution is -2.78. The SMILES string of the molecule is COC(=O)CN(CCNC(=O)OCC1c2ccccc2-c2ccccc21)C(=O)CN1C(=O)NC(=O)[C@]2(C)O[C@@H](c3ccccc3)[C@H]12. The lowest BCUT2D eigenvalue weighted by Gasteiger charge is -2.58. The summed E-state index contributed by atoms with van der Waals surface area (Å²) in [7, 11) is 1.20. The molecule has 0 radical (unpaired) electrons. The summed E-state index contributed by atoms with van der Waals surface area (Å²) < 4.78 is 16.3. The third-order valence-corrected chi connectivity index (χ3v) is 8.82. The summed E-state index contributed by atoms with van der Waals surface area (Å²) >= 11 is 0. The summed E-state index contributed by atoms with van der Waals surface area (Å²) in [6.45, 7) is 0.762. The third-order valence-electron chi connectivity index (χ3n) is 8.82. The first-order chi connectivity index (χ1) is 22.2. The molecule has 12 heteroatoms. The summed E-state index contributed by atoms with van der Waals surface area (Å²) in [5, 5.41) is 4.91. The maximum absolute atomic E-state index is 13.5. The number of hydrogen-bond acceptors (Lipinski definition) is 8. The molecule has 0 unspecified atom stereocenters. The highest BCUT2D eigenvalue weighted by Crippen LogP contribution is 2.48. The molecule has 12 nitrogen and oxygen atoms in total. The predicted molar refractivity (Wildman–Crippen MR) is 164 cm³/mol. The maximum Gasteiger partial charge on any atom is 0.407 e. The van der Waals surface area contributed by atoms with E-state index in [0.29, 0.717) is 0 Å². The Hall–Kier alpha value is -5.23. The van der Waals surface area contributed by atoms with Crippen LogP contribution in [-0.2, 0) is 28.6 Å². The van der Waals surface area contributed by atoms with E-state index >= 15 is 0 Å². The van der Waals surface area contributed by atoms with Gasteiger partial charge in [-0.1, -0.05) is 78.9 Å². The molecule has 2 fully saturated rings. The second kappa shape index (κ2) is 12.6. The van der Waals surface area contributed by atoms with Gasteiger partial charge in [0, 0.05) is 19.0 Å². The molecule has 6 rings (SSSR count). The van der Waals surface area contributed by atoms with E-state index < -0.39 is 60.7 Å². The molecule has 0 spiro atoms. The maximum atomic E-state index is 13.5. The first kappa shape index (κ1) is 30.8. The van der Waals surface area contributed by atoms with Crippen molar-refractivity contribution in [3.05, 3.63) is 95.6 Å². The van der Waals surface area contributed by atoms with Gasteiger partial charge in [0.2, 0.25) is 5.91 Å². The zero-order valence-corrected chi connectivity index (χ0v) is 25.4. The number of carbonyl (C=O) groups is 5. The van der Waals surface area contributed by atoms with Crippen LogP contribution in [0.4, 0.5) is 9.59 Å². The second-order valence-corrected chi connectivity index (χ2v) is 11.5. The molecule has 2 aliphatic heterocycles. The van der Waals surface area contributed by atoms with Crippen LogP contribution in [0.25, 0.3) is 11.1 Å². The van der Waals surface area contributed by atoms with Crippen molar-refractivity contribution in [2.75, 3.05) is 39.9 Å². The Balaban J connectivity index is 1.08. The number of benzene rings is 3. The molecule has 3 aliphatic rings. The van der Waals surface area contributed by atoms with Gasteiger partial charge in [-0.05, 0) is 34.7 Å². The molecule has 2 heterocycles. The Labute approximate surface area is 265 Å². The lowest BCUT2D eigenvalue weighted by atomic mass is 9.78. The molecule has 0 saturated carbocycles. The molecular formula is C34H34N4O8. The molecule has 1 aliphatic carbocycles. The summed E-state index contributed by atoms with van der Waals surface area (Å²) in [5.74, 6) is -1.95. The van der Waals surface area contributed by atoms with Crippen LogP contribution in [0.1, 0.15) is 35.6 Å². The van der Waals surface area contributed by atoms with E-state index in [9.17, 15) is 24.0 Å². The van der Waals surface area contributed by atoms with Gasteiger partial charge in [0.25, 0.3) is 5.91 Å². The Morgan fingerprint density at radius 3 is 2.24 bits per heavy atom. The number of amides is 5. The molecule has 0 aromatic heterocycles. The van der Waals surface area contributed by atoms with E-state index in [2.05, 4.69) is 10.6 Å². The molecule has 238 valence electrons. The van der Waals surface area contributed by atoms with Gasteiger partial charge in [-0.3, -0.25) is 19.7 Å². The third kappa shape index (κ3) is 5.67. The van der Waals surface area contributed by atoms with Gasteiger partial charge in [-0.25, -0.2) is 9.59 Å². The van der Waals surface area contributed by atoms with Crippen molar-refractivity contribution in [3.63, 3.8) is 0 Å². The number of carbonyl (C=O) groups excluding carboxylic acids is 5. The van der Waals surface area contributed by atoms with Crippen LogP contribution in [0.5, 0.6) is 0 Å². The molecule has 3 aromatic carbocycles. The van der Waals surface area contributed by atoms with E-state index in [1.807, 2.05) is 78.9 Å². The second-order valence-electron chi connectivity index (χ2n) is 11.5. The van der Waals surface area contributed by atoms with E-state index in [1.54, 1.807) is 6.92 Å². The van der Waals surface area contributed by atoms with Crippen LogP contribution >= 0.6 is 0 Å². The van der Waals surface area contributed by atoms with E-state index in [-0.39, 0.29) is 25.6 Å². The van der Waals surface area contributed by atoms with Crippen molar-refractivity contribution >= 4 is 29.9 Å². The van der Waals surface area contributed by atoms with Gasteiger partial charge in [-0.2, -0.15) is 0 Å². The number of alkyl carbamates (subject to hydrolysis) is 1. The zero-order valence-electron chi connectivity index (χ0n) is 25.4. The Morgan fingerprint density at radius 1 is 0.957 bits per heavy atom. The first-order valence-corrected chi connectivity index (χ1v) is 15.0. The van der Waals surface area contributed by atoms with Gasteiger partial charge in [-0.15, -0.1) is 0 Å². The van der Waals surface area contributed by atoms with Gasteiger partial charge in [0.05, 0.1) is 7.11 Å². The number of urea groups is 1. The van der Waals surface area contributed by atoms with Crippen LogP contribution in [0.2, 0.25) is 0 Å². The molecular weight excluding hydrogens is 592 g/mol. The summed E-state index contributed by atoms with van der Waals surface area (Å²) in [6, 6.07) is 23.6. The number of ether oxygens (including phenoxy) is 3. The van der Waals surface area contributed by atoms with Gasteiger partial charge >= 0.3 is 18.1 Å². The van der Waals surface area contributed by atoms with Crippen molar-refractivity contribution in [2.45, 2.75) is 30.6 Å². The largest absolute Gasteiger partial charge is 0.468 e. The number of nitrogens with zero attached hydrogens (tertiary/aromatic N) is 2. The lowest BCUT2D eigenvalue weighted by molar-refractivity contribution is -0.250. The highest BCUT2D eigenvalue weighted by atomic mass is 16.6. The summed E-state index contributed by atoms with van der Waals surface area (Å²) in [6.07, 6.45) is -1.30. The molecule has 2 N–H and O–H groups in total. The minimum absolute atomic E-state index is 0.0268. The van der Waals surface area contributed by atoms with E-state index in [1.165, 1.54) is 16.9 Å². The van der Waals surface area contributed by atoms with Crippen molar-refractivity contribution in [2.24, 2.45) is 0 Å². The van der Waals surface area contributed by atoms with E-state index in [4.69, 9.17) is 14.2 Å². The quantitative estimate of drug-likeness (QED) is 0.327. The number of esters is 1. The smallest absolute Gasteiger partial charge is 0.407 e. The molecule has 2 saturated heterocycles. The Bertz CT molecular complexity index is 1630. The minimum atomic E-state index is -1.35. The Kier molecular flexibility index (Phi) is 8.46. The fourth-order valence-corrected chi connectivity index (χ4v) is 6.45. The number of hydrogen-bond donors (Lipinski definition) is 2. The van der Waals surface area contributed by atoms with Crippen molar-refractivity contribution in [3.8, 4) is 11.1 Å². The van der Waals surface area contributed by atoms with Crippen molar-refractivity contribution in [1.29, 1.82) is 0 Å². The van der Waals surface area contributed by atoms with Crippen molar-refractivity contribution in [1.82, 2.24) is 20.4 Å². The molecule has 46 heavy (non-hydrogen) atoms. The highest BCUT2D eigenvalue weighted by Gasteiger charge is 2.64. The number of nitrogens with one attached hydrogen (secondary N) is 2. The van der Waals surface area contributed by atoms with Crippen LogP contribution in [0, 0.1) is 0 Å². The molecule has 3 atom stereocenters. The fraction of sp³-hybridized carbons (Fsp3) is 0.324.